The lowest BCUT2D eigenvalue weighted by Crippen LogP contribution is -2.51. The van der Waals surface area contributed by atoms with Crippen LogP contribution in [-0.4, -0.2) is 86.8 Å². The zero-order chi connectivity index (χ0) is 33.0. The molecule has 2 fully saturated rings. The third-order valence-corrected chi connectivity index (χ3v) is 8.54. The van der Waals surface area contributed by atoms with Crippen LogP contribution in [0.15, 0.2) is 72.8 Å². The normalized spacial score (nSPS) is 17.4. The van der Waals surface area contributed by atoms with Crippen LogP contribution in [-0.2, 0) is 27.3 Å². The fourth-order valence-electron chi connectivity index (χ4n) is 6.09. The molecule has 3 aromatic carbocycles. The Bertz CT molecular complexity index is 1480. The van der Waals surface area contributed by atoms with E-state index in [4.69, 9.17) is 14.2 Å². The Hall–Kier alpha value is -4.48. The first-order valence-electron chi connectivity index (χ1n) is 16.1. The summed E-state index contributed by atoms with van der Waals surface area (Å²) in [6, 6.07) is 19.6. The molecular weight excluding hydrogens is 603 g/mol. The SMILES string of the molecule is COc1ccc(C(=O)OCc2ccccc2)cc1NC(=O)N[C@@H](CC(=O)N1CCCC(Cc2ccc(F)cc2)C1)CN1CCOCC1. The lowest BCUT2D eigenvalue weighted by molar-refractivity contribution is -0.133. The van der Waals surface area contributed by atoms with Crippen molar-refractivity contribution < 1.29 is 33.0 Å². The first kappa shape index (κ1) is 33.9. The number of nitrogens with zero attached hydrogens (tertiary/aromatic N) is 2. The molecule has 0 spiro atoms. The van der Waals surface area contributed by atoms with Gasteiger partial charge in [0.15, 0.2) is 0 Å². The number of esters is 1. The van der Waals surface area contributed by atoms with E-state index >= 15 is 0 Å². The van der Waals surface area contributed by atoms with Crippen molar-refractivity contribution >= 4 is 23.6 Å². The summed E-state index contributed by atoms with van der Waals surface area (Å²) in [6.07, 6.45) is 2.81. The predicted octanol–water partition coefficient (Wildman–Crippen LogP) is 4.89. The largest absolute Gasteiger partial charge is 0.495 e. The van der Waals surface area contributed by atoms with Gasteiger partial charge in [0.1, 0.15) is 18.2 Å². The number of carbonyl (C=O) groups excluding carboxylic acids is 3. The number of morpholine rings is 1. The van der Waals surface area contributed by atoms with Gasteiger partial charge in [0, 0.05) is 39.1 Å². The average molecular weight is 647 g/mol. The van der Waals surface area contributed by atoms with Crippen LogP contribution in [0.3, 0.4) is 0 Å². The number of rotatable bonds is 12. The number of halogens is 1. The van der Waals surface area contributed by atoms with Gasteiger partial charge in [-0.2, -0.15) is 0 Å². The minimum Gasteiger partial charge on any atom is -0.495 e. The van der Waals surface area contributed by atoms with Crippen molar-refractivity contribution in [2.45, 2.75) is 38.3 Å². The zero-order valence-corrected chi connectivity index (χ0v) is 26.8. The van der Waals surface area contributed by atoms with Gasteiger partial charge in [-0.15, -0.1) is 0 Å². The summed E-state index contributed by atoms with van der Waals surface area (Å²) in [5, 5.41) is 5.81. The Morgan fingerprint density at radius 1 is 0.979 bits per heavy atom. The molecule has 2 saturated heterocycles. The summed E-state index contributed by atoms with van der Waals surface area (Å²) in [4.78, 5) is 43.8. The van der Waals surface area contributed by atoms with Crippen LogP contribution in [0.2, 0.25) is 0 Å². The van der Waals surface area contributed by atoms with Crippen LogP contribution in [0.5, 0.6) is 5.75 Å². The molecule has 2 atom stereocenters. The number of hydrogen-bond donors (Lipinski definition) is 2. The van der Waals surface area contributed by atoms with E-state index in [1.165, 1.54) is 25.3 Å². The van der Waals surface area contributed by atoms with E-state index in [0.29, 0.717) is 57.4 Å². The van der Waals surface area contributed by atoms with Gasteiger partial charge >= 0.3 is 12.0 Å². The van der Waals surface area contributed by atoms with E-state index in [0.717, 1.165) is 30.4 Å². The molecule has 0 radical (unpaired) electrons. The minimum atomic E-state index is -0.532. The number of ether oxygens (including phenoxy) is 3. The highest BCUT2D eigenvalue weighted by molar-refractivity contribution is 5.95. The molecule has 1 unspecified atom stereocenters. The van der Waals surface area contributed by atoms with Crippen molar-refractivity contribution in [2.24, 2.45) is 5.92 Å². The molecule has 2 aliphatic heterocycles. The summed E-state index contributed by atoms with van der Waals surface area (Å²) in [5.74, 6) is -0.153. The highest BCUT2D eigenvalue weighted by atomic mass is 19.1. The number of likely N-dealkylation sites (tertiary alicyclic amines) is 1. The summed E-state index contributed by atoms with van der Waals surface area (Å²) >= 11 is 0. The van der Waals surface area contributed by atoms with E-state index in [2.05, 4.69) is 15.5 Å². The monoisotopic (exact) mass is 646 g/mol. The van der Waals surface area contributed by atoms with Gasteiger partial charge in [-0.25, -0.2) is 14.0 Å². The van der Waals surface area contributed by atoms with Crippen LogP contribution in [0.4, 0.5) is 14.9 Å². The second-order valence-corrected chi connectivity index (χ2v) is 12.1. The minimum absolute atomic E-state index is 0.0203. The van der Waals surface area contributed by atoms with Crippen LogP contribution in [0, 0.1) is 11.7 Å². The second kappa shape index (κ2) is 16.9. The summed E-state index contributed by atoms with van der Waals surface area (Å²) in [7, 11) is 1.48. The number of anilines is 1. The van der Waals surface area contributed by atoms with Crippen molar-refractivity contribution in [3.63, 3.8) is 0 Å². The number of amides is 3. The number of urea groups is 1. The number of hydrogen-bond acceptors (Lipinski definition) is 7. The zero-order valence-electron chi connectivity index (χ0n) is 26.8. The van der Waals surface area contributed by atoms with Gasteiger partial charge in [-0.05, 0) is 66.6 Å². The van der Waals surface area contributed by atoms with Gasteiger partial charge < -0.3 is 29.7 Å². The highest BCUT2D eigenvalue weighted by Crippen LogP contribution is 2.26. The fourth-order valence-corrected chi connectivity index (χ4v) is 6.09. The van der Waals surface area contributed by atoms with Crippen molar-refractivity contribution in [1.82, 2.24) is 15.1 Å². The number of nitrogens with one attached hydrogen (secondary N) is 2. The molecule has 3 amide bonds. The van der Waals surface area contributed by atoms with Gasteiger partial charge in [-0.1, -0.05) is 42.5 Å². The second-order valence-electron chi connectivity index (χ2n) is 12.1. The van der Waals surface area contributed by atoms with Crippen LogP contribution >= 0.6 is 0 Å². The molecule has 5 rings (SSSR count). The quantitative estimate of drug-likeness (QED) is 0.270. The number of carbonyl (C=O) groups is 3. The molecule has 47 heavy (non-hydrogen) atoms. The molecule has 2 heterocycles. The predicted molar refractivity (Wildman–Crippen MR) is 176 cm³/mol. The molecule has 250 valence electrons. The van der Waals surface area contributed by atoms with Gasteiger partial charge in [-0.3, -0.25) is 9.69 Å². The van der Waals surface area contributed by atoms with Crippen molar-refractivity contribution in [1.29, 1.82) is 0 Å². The van der Waals surface area contributed by atoms with Gasteiger partial charge in [0.05, 0.1) is 37.6 Å². The maximum absolute atomic E-state index is 13.6. The van der Waals surface area contributed by atoms with Crippen LogP contribution in [0.25, 0.3) is 0 Å². The van der Waals surface area contributed by atoms with Crippen molar-refractivity contribution in [3.05, 3.63) is 95.3 Å². The summed E-state index contributed by atoms with van der Waals surface area (Å²) < 4.78 is 29.8. The van der Waals surface area contributed by atoms with Crippen molar-refractivity contribution in [2.75, 3.05) is 58.4 Å². The molecule has 0 bridgehead atoms. The molecule has 2 aliphatic rings. The summed E-state index contributed by atoms with van der Waals surface area (Å²) in [6.45, 7) is 4.49. The van der Waals surface area contributed by atoms with E-state index in [-0.39, 0.29) is 36.2 Å². The molecular formula is C36H43FN4O6. The summed E-state index contributed by atoms with van der Waals surface area (Å²) in [5.41, 5.74) is 2.48. The molecule has 3 aromatic rings. The van der Waals surface area contributed by atoms with Crippen LogP contribution < -0.4 is 15.4 Å². The lowest BCUT2D eigenvalue weighted by Gasteiger charge is -2.35. The maximum atomic E-state index is 13.6. The van der Waals surface area contributed by atoms with E-state index in [1.807, 2.05) is 35.2 Å². The Kier molecular flexibility index (Phi) is 12.2. The Labute approximate surface area is 275 Å². The van der Waals surface area contributed by atoms with Gasteiger partial charge in [0.25, 0.3) is 0 Å². The highest BCUT2D eigenvalue weighted by Gasteiger charge is 2.28. The first-order chi connectivity index (χ1) is 22.9. The molecule has 0 aliphatic carbocycles. The number of piperidine rings is 1. The standard InChI is InChI=1S/C36H43FN4O6/c1-45-33-14-11-29(35(43)47-25-27-6-3-2-4-7-27)21-32(33)39-36(44)38-31(24-40-16-18-46-19-17-40)22-34(42)41-15-5-8-28(23-41)20-26-9-12-30(37)13-10-26/h2-4,6-7,9-14,21,28,31H,5,8,15-20,22-25H2,1H3,(H2,38,39,44)/t28?,31-/m0/s1. The molecule has 0 aromatic heterocycles. The molecule has 0 saturated carbocycles. The maximum Gasteiger partial charge on any atom is 0.338 e. The smallest absolute Gasteiger partial charge is 0.338 e. The van der Waals surface area contributed by atoms with E-state index in [1.54, 1.807) is 24.3 Å². The average Bonchev–Trinajstić information content (AvgIpc) is 3.09. The Morgan fingerprint density at radius 3 is 2.49 bits per heavy atom. The van der Waals surface area contributed by atoms with E-state index in [9.17, 15) is 18.8 Å². The fraction of sp³-hybridized carbons (Fsp3) is 0.417. The third kappa shape index (κ3) is 10.3. The third-order valence-electron chi connectivity index (χ3n) is 8.54. The Morgan fingerprint density at radius 2 is 1.74 bits per heavy atom. The number of methoxy groups -OCH3 is 1. The topological polar surface area (TPSA) is 109 Å². The van der Waals surface area contributed by atoms with Crippen LogP contribution in [0.1, 0.15) is 40.7 Å². The lowest BCUT2D eigenvalue weighted by atomic mass is 9.91. The molecule has 2 N–H and O–H groups in total. The Balaban J connectivity index is 1.21. The number of benzene rings is 3. The van der Waals surface area contributed by atoms with Gasteiger partial charge in [0.2, 0.25) is 5.91 Å². The first-order valence-corrected chi connectivity index (χ1v) is 16.1. The molecule has 11 heteroatoms. The van der Waals surface area contributed by atoms with E-state index < -0.39 is 18.0 Å². The molecule has 10 nitrogen and oxygen atoms in total. The van der Waals surface area contributed by atoms with Crippen molar-refractivity contribution in [3.8, 4) is 5.75 Å².